The monoisotopic (exact) mass is 308 g/mol. The maximum absolute atomic E-state index is 11.9. The molecular weight excluding hydrogens is 300 g/mol. The Balaban J connectivity index is 2.01. The maximum Gasteiger partial charge on any atom is 0.272 e. The zero-order chi connectivity index (χ0) is 14.1. The van der Waals surface area contributed by atoms with Crippen LogP contribution < -0.4 is 16.4 Å². The number of rotatable bonds is 3. The number of aromatic amines is 2. The van der Waals surface area contributed by atoms with E-state index in [4.69, 9.17) is 11.6 Å². The summed E-state index contributed by atoms with van der Waals surface area (Å²) in [4.78, 5) is 27.7. The minimum atomic E-state index is -0.347. The molecule has 3 rings (SSSR count). The third kappa shape index (κ3) is 2.33. The van der Waals surface area contributed by atoms with Crippen LogP contribution in [0.5, 0.6) is 0 Å². The number of hydrogen-bond acceptors (Lipinski definition) is 5. The van der Waals surface area contributed by atoms with Crippen LogP contribution in [0.1, 0.15) is 5.01 Å². The van der Waals surface area contributed by atoms with Crippen molar-refractivity contribution in [1.29, 1.82) is 0 Å². The molecular formula is C12H9ClN4O2S. The molecule has 0 unspecified atom stereocenters. The minimum absolute atomic E-state index is 0.332. The second kappa shape index (κ2) is 5.10. The second-order valence-electron chi connectivity index (χ2n) is 4.05. The number of nitrogens with zero attached hydrogens (tertiary/aromatic N) is 1. The van der Waals surface area contributed by atoms with Crippen LogP contribution in [0.15, 0.2) is 34.0 Å². The molecule has 0 fully saturated rings. The Morgan fingerprint density at radius 2 is 2.05 bits per heavy atom. The summed E-state index contributed by atoms with van der Waals surface area (Å²) >= 11 is 7.17. The highest BCUT2D eigenvalue weighted by Crippen LogP contribution is 2.21. The van der Waals surface area contributed by atoms with Gasteiger partial charge in [0.15, 0.2) is 0 Å². The first-order valence-electron chi connectivity index (χ1n) is 5.73. The summed E-state index contributed by atoms with van der Waals surface area (Å²) < 4.78 is 0.606. The van der Waals surface area contributed by atoms with Crippen LogP contribution >= 0.6 is 22.9 Å². The summed E-state index contributed by atoms with van der Waals surface area (Å²) in [5.41, 5.74) is -0.0958. The van der Waals surface area contributed by atoms with E-state index in [0.717, 1.165) is 5.01 Å². The highest BCUT2D eigenvalue weighted by atomic mass is 35.5. The van der Waals surface area contributed by atoms with Gasteiger partial charge in [-0.1, -0.05) is 17.7 Å². The number of benzene rings is 1. The van der Waals surface area contributed by atoms with Gasteiger partial charge in [-0.05, 0) is 12.1 Å². The zero-order valence-corrected chi connectivity index (χ0v) is 11.6. The topological polar surface area (TPSA) is 90.6 Å². The fraction of sp³-hybridized carbons (Fsp3) is 0.0833. The van der Waals surface area contributed by atoms with Gasteiger partial charge < -0.3 is 5.32 Å². The molecule has 102 valence electrons. The third-order valence-corrected chi connectivity index (χ3v) is 3.90. The van der Waals surface area contributed by atoms with Crippen molar-refractivity contribution in [3.05, 3.63) is 54.4 Å². The van der Waals surface area contributed by atoms with Crippen LogP contribution in [0, 0.1) is 0 Å². The van der Waals surface area contributed by atoms with Crippen molar-refractivity contribution in [2.75, 3.05) is 5.32 Å². The fourth-order valence-corrected chi connectivity index (χ4v) is 2.81. The van der Waals surface area contributed by atoms with Gasteiger partial charge in [-0.2, -0.15) is 0 Å². The van der Waals surface area contributed by atoms with E-state index in [2.05, 4.69) is 20.5 Å². The highest BCUT2D eigenvalue weighted by molar-refractivity contribution is 7.15. The van der Waals surface area contributed by atoms with Gasteiger partial charge >= 0.3 is 0 Å². The molecule has 3 aromatic rings. The SMILES string of the molecule is O=c1[nH][nH]c(=O)c2c(NCc3ncc(Cl)s3)cccc12. The third-order valence-electron chi connectivity index (χ3n) is 2.78. The predicted octanol–water partition coefficient (Wildman–Crippen LogP) is 1.94. The van der Waals surface area contributed by atoms with E-state index in [0.29, 0.717) is 27.3 Å². The van der Waals surface area contributed by atoms with Crippen molar-refractivity contribution >= 4 is 39.4 Å². The van der Waals surface area contributed by atoms with Gasteiger partial charge in [0.25, 0.3) is 11.1 Å². The molecule has 2 heterocycles. The number of hydrogen-bond donors (Lipinski definition) is 3. The molecule has 0 bridgehead atoms. The Kier molecular flexibility index (Phi) is 3.29. The Bertz CT molecular complexity index is 883. The highest BCUT2D eigenvalue weighted by Gasteiger charge is 2.08. The quantitative estimate of drug-likeness (QED) is 0.689. The molecule has 0 saturated carbocycles. The maximum atomic E-state index is 11.9. The molecule has 8 heteroatoms. The fourth-order valence-electron chi connectivity index (χ4n) is 1.92. The standard InChI is InChI=1S/C12H9ClN4O2S/c13-8-4-15-9(20-8)5-14-7-3-1-2-6-10(7)12(19)17-16-11(6)18/h1-4,14H,5H2,(H,16,18)(H,17,19). The summed E-state index contributed by atoms with van der Waals surface area (Å²) in [6.07, 6.45) is 1.57. The second-order valence-corrected chi connectivity index (χ2v) is 5.79. The molecule has 20 heavy (non-hydrogen) atoms. The van der Waals surface area contributed by atoms with Crippen LogP contribution in [0.4, 0.5) is 5.69 Å². The Morgan fingerprint density at radius 1 is 1.25 bits per heavy atom. The molecule has 0 radical (unpaired) electrons. The van der Waals surface area contributed by atoms with E-state index < -0.39 is 0 Å². The minimum Gasteiger partial charge on any atom is -0.378 e. The first kappa shape index (κ1) is 12.9. The molecule has 3 N–H and O–H groups in total. The lowest BCUT2D eigenvalue weighted by molar-refractivity contribution is 0.975. The van der Waals surface area contributed by atoms with E-state index in [1.54, 1.807) is 24.4 Å². The van der Waals surface area contributed by atoms with Crippen molar-refractivity contribution in [3.63, 3.8) is 0 Å². The lowest BCUT2D eigenvalue weighted by atomic mass is 10.1. The lowest BCUT2D eigenvalue weighted by Gasteiger charge is -2.06. The number of aromatic nitrogens is 3. The summed E-state index contributed by atoms with van der Waals surface area (Å²) in [5, 5.41) is 9.19. The van der Waals surface area contributed by atoms with E-state index >= 15 is 0 Å². The van der Waals surface area contributed by atoms with Crippen LogP contribution in [0.3, 0.4) is 0 Å². The molecule has 0 atom stereocenters. The summed E-state index contributed by atoms with van der Waals surface area (Å²) in [6.45, 7) is 0.433. The Morgan fingerprint density at radius 3 is 2.80 bits per heavy atom. The Hall–Kier alpha value is -2.12. The van der Waals surface area contributed by atoms with Crippen molar-refractivity contribution in [3.8, 4) is 0 Å². The van der Waals surface area contributed by atoms with Crippen LogP contribution in [0.2, 0.25) is 4.34 Å². The average Bonchev–Trinajstić information content (AvgIpc) is 2.86. The van der Waals surface area contributed by atoms with Gasteiger partial charge in [-0.3, -0.25) is 19.8 Å². The smallest absolute Gasteiger partial charge is 0.272 e. The number of H-pyrrole nitrogens is 2. The number of thiazole rings is 1. The first-order chi connectivity index (χ1) is 9.65. The molecule has 0 aliphatic heterocycles. The van der Waals surface area contributed by atoms with Crippen LogP contribution in [0.25, 0.3) is 10.8 Å². The summed E-state index contributed by atoms with van der Waals surface area (Å²) in [5.74, 6) is 0. The van der Waals surface area contributed by atoms with Crippen molar-refractivity contribution in [2.24, 2.45) is 0 Å². The molecule has 0 aliphatic carbocycles. The molecule has 6 nitrogen and oxygen atoms in total. The van der Waals surface area contributed by atoms with Crippen molar-refractivity contribution in [1.82, 2.24) is 15.2 Å². The molecule has 0 aliphatic rings. The van der Waals surface area contributed by atoms with Gasteiger partial charge in [0.2, 0.25) is 0 Å². The number of anilines is 1. The largest absolute Gasteiger partial charge is 0.378 e. The van der Waals surface area contributed by atoms with Gasteiger partial charge in [-0.25, -0.2) is 4.98 Å². The van der Waals surface area contributed by atoms with Crippen molar-refractivity contribution in [2.45, 2.75) is 6.54 Å². The lowest BCUT2D eigenvalue weighted by Crippen LogP contribution is -2.20. The van der Waals surface area contributed by atoms with E-state index in [-0.39, 0.29) is 11.1 Å². The average molecular weight is 309 g/mol. The van der Waals surface area contributed by atoms with Crippen LogP contribution in [-0.2, 0) is 6.54 Å². The van der Waals surface area contributed by atoms with Gasteiger partial charge in [0.1, 0.15) is 9.34 Å². The molecule has 1 aromatic carbocycles. The molecule has 0 saturated heterocycles. The molecule has 0 spiro atoms. The van der Waals surface area contributed by atoms with Gasteiger partial charge in [-0.15, -0.1) is 11.3 Å². The van der Waals surface area contributed by atoms with E-state index in [1.807, 2.05) is 0 Å². The molecule has 0 amide bonds. The normalized spacial score (nSPS) is 10.8. The number of halogens is 1. The van der Waals surface area contributed by atoms with E-state index in [1.165, 1.54) is 11.3 Å². The number of nitrogens with one attached hydrogen (secondary N) is 3. The van der Waals surface area contributed by atoms with Crippen molar-refractivity contribution < 1.29 is 0 Å². The van der Waals surface area contributed by atoms with Gasteiger partial charge in [0, 0.05) is 5.69 Å². The van der Waals surface area contributed by atoms with Crippen LogP contribution in [-0.4, -0.2) is 15.2 Å². The van der Waals surface area contributed by atoms with Gasteiger partial charge in [0.05, 0.1) is 23.5 Å². The first-order valence-corrected chi connectivity index (χ1v) is 6.92. The molecule has 2 aromatic heterocycles. The summed E-state index contributed by atoms with van der Waals surface area (Å²) in [6, 6.07) is 5.06. The predicted molar refractivity (Wildman–Crippen MR) is 79.6 cm³/mol. The van der Waals surface area contributed by atoms with E-state index in [9.17, 15) is 9.59 Å². The summed E-state index contributed by atoms with van der Waals surface area (Å²) in [7, 11) is 0. The number of fused-ring (bicyclic) bond motifs is 1. The zero-order valence-electron chi connectivity index (χ0n) is 10.1. The Labute approximate surface area is 121 Å².